The summed E-state index contributed by atoms with van der Waals surface area (Å²) < 4.78 is 0. The van der Waals surface area contributed by atoms with E-state index in [2.05, 4.69) is 12.2 Å². The normalized spacial score (nSPS) is 30.6. The van der Waals surface area contributed by atoms with Crippen molar-refractivity contribution in [1.29, 1.82) is 0 Å². The van der Waals surface area contributed by atoms with Crippen LogP contribution in [-0.4, -0.2) is 24.2 Å². The number of hydrogen-bond acceptors (Lipinski definition) is 2. The molecule has 64 valence electrons. The van der Waals surface area contributed by atoms with Crippen LogP contribution in [-0.2, 0) is 4.79 Å². The maximum Gasteiger partial charge on any atom is 0.303 e. The first-order valence-electron chi connectivity index (χ1n) is 4.16. The van der Waals surface area contributed by atoms with E-state index in [1.54, 1.807) is 0 Å². The Morgan fingerprint density at radius 3 is 2.73 bits per heavy atom. The zero-order valence-corrected chi connectivity index (χ0v) is 6.84. The molecule has 0 aromatic rings. The monoisotopic (exact) mass is 157 g/mol. The van der Waals surface area contributed by atoms with E-state index < -0.39 is 5.97 Å². The molecule has 1 heterocycles. The smallest absolute Gasteiger partial charge is 0.303 e. The zero-order chi connectivity index (χ0) is 8.27. The molecule has 0 spiro atoms. The number of carboxylic acids is 1. The highest BCUT2D eigenvalue weighted by atomic mass is 16.4. The highest BCUT2D eigenvalue weighted by Crippen LogP contribution is 2.22. The van der Waals surface area contributed by atoms with Crippen molar-refractivity contribution in [2.45, 2.75) is 19.8 Å². The Morgan fingerprint density at radius 2 is 2.18 bits per heavy atom. The number of aliphatic carboxylic acids is 1. The van der Waals surface area contributed by atoms with Crippen LogP contribution in [0.25, 0.3) is 0 Å². The van der Waals surface area contributed by atoms with Crippen LogP contribution in [0.2, 0.25) is 0 Å². The second-order valence-electron chi connectivity index (χ2n) is 3.18. The van der Waals surface area contributed by atoms with Crippen molar-refractivity contribution in [2.24, 2.45) is 11.8 Å². The molecule has 2 unspecified atom stereocenters. The van der Waals surface area contributed by atoms with E-state index in [0.29, 0.717) is 18.3 Å². The molecular formula is C8H15NO2. The summed E-state index contributed by atoms with van der Waals surface area (Å²) in [6, 6.07) is 0. The third-order valence-corrected chi connectivity index (χ3v) is 2.44. The van der Waals surface area contributed by atoms with Crippen molar-refractivity contribution in [3.05, 3.63) is 0 Å². The summed E-state index contributed by atoms with van der Waals surface area (Å²) in [4.78, 5) is 10.4. The minimum atomic E-state index is -0.669. The lowest BCUT2D eigenvalue weighted by Crippen LogP contribution is -2.15. The lowest BCUT2D eigenvalue weighted by Gasteiger charge is -2.13. The molecule has 1 aliphatic heterocycles. The van der Waals surface area contributed by atoms with E-state index in [-0.39, 0.29) is 0 Å². The number of carboxylic acid groups (broad SMARTS) is 1. The van der Waals surface area contributed by atoms with E-state index in [4.69, 9.17) is 5.11 Å². The quantitative estimate of drug-likeness (QED) is 0.634. The summed E-state index contributed by atoms with van der Waals surface area (Å²) in [6.45, 7) is 3.99. The Labute approximate surface area is 66.8 Å². The molecule has 1 fully saturated rings. The molecule has 3 heteroatoms. The Hall–Kier alpha value is -0.570. The van der Waals surface area contributed by atoms with Gasteiger partial charge in [-0.2, -0.15) is 0 Å². The van der Waals surface area contributed by atoms with Gasteiger partial charge in [-0.25, -0.2) is 0 Å². The van der Waals surface area contributed by atoms with Crippen LogP contribution in [0.1, 0.15) is 19.8 Å². The van der Waals surface area contributed by atoms with Crippen LogP contribution in [0.15, 0.2) is 0 Å². The summed E-state index contributed by atoms with van der Waals surface area (Å²) in [7, 11) is 0. The van der Waals surface area contributed by atoms with Crippen molar-refractivity contribution in [1.82, 2.24) is 5.32 Å². The molecule has 0 saturated carbocycles. The first-order valence-corrected chi connectivity index (χ1v) is 4.16. The van der Waals surface area contributed by atoms with Crippen molar-refractivity contribution in [3.8, 4) is 0 Å². The van der Waals surface area contributed by atoms with Gasteiger partial charge in [-0.15, -0.1) is 0 Å². The van der Waals surface area contributed by atoms with Crippen LogP contribution in [0.3, 0.4) is 0 Å². The summed E-state index contributed by atoms with van der Waals surface area (Å²) in [6.07, 6.45) is 1.41. The van der Waals surface area contributed by atoms with Crippen LogP contribution in [0.5, 0.6) is 0 Å². The average Bonchev–Trinajstić information content (AvgIpc) is 2.34. The van der Waals surface area contributed by atoms with Crippen LogP contribution >= 0.6 is 0 Å². The SMILES string of the molecule is CCC1CNCC1CC(=O)O. The fourth-order valence-corrected chi connectivity index (χ4v) is 1.73. The van der Waals surface area contributed by atoms with Gasteiger partial charge in [0.15, 0.2) is 0 Å². The Kier molecular flexibility index (Phi) is 2.88. The highest BCUT2D eigenvalue weighted by Gasteiger charge is 2.26. The molecule has 1 saturated heterocycles. The standard InChI is InChI=1S/C8H15NO2/c1-2-6-4-9-5-7(6)3-8(10)11/h6-7,9H,2-5H2,1H3,(H,10,11). The molecule has 2 atom stereocenters. The van der Waals surface area contributed by atoms with Crippen molar-refractivity contribution >= 4 is 5.97 Å². The average molecular weight is 157 g/mol. The topological polar surface area (TPSA) is 49.3 Å². The maximum absolute atomic E-state index is 10.4. The second kappa shape index (κ2) is 3.72. The fraction of sp³-hybridized carbons (Fsp3) is 0.875. The molecular weight excluding hydrogens is 142 g/mol. The van der Waals surface area contributed by atoms with Crippen LogP contribution < -0.4 is 5.32 Å². The van der Waals surface area contributed by atoms with E-state index in [0.717, 1.165) is 19.5 Å². The van der Waals surface area contributed by atoms with E-state index in [1.807, 2.05) is 0 Å². The minimum Gasteiger partial charge on any atom is -0.481 e. The molecule has 0 radical (unpaired) electrons. The van der Waals surface area contributed by atoms with Gasteiger partial charge in [-0.05, 0) is 24.9 Å². The van der Waals surface area contributed by atoms with Crippen molar-refractivity contribution in [2.75, 3.05) is 13.1 Å². The third kappa shape index (κ3) is 2.19. The highest BCUT2D eigenvalue weighted by molar-refractivity contribution is 5.67. The van der Waals surface area contributed by atoms with Gasteiger partial charge in [0.1, 0.15) is 0 Å². The molecule has 0 amide bonds. The molecule has 0 aromatic heterocycles. The summed E-state index contributed by atoms with van der Waals surface area (Å²) in [5.74, 6) is 0.265. The number of rotatable bonds is 3. The van der Waals surface area contributed by atoms with E-state index in [1.165, 1.54) is 0 Å². The Morgan fingerprint density at radius 1 is 1.55 bits per heavy atom. The molecule has 3 nitrogen and oxygen atoms in total. The Balaban J connectivity index is 2.37. The number of hydrogen-bond donors (Lipinski definition) is 2. The third-order valence-electron chi connectivity index (χ3n) is 2.44. The summed E-state index contributed by atoms with van der Waals surface area (Å²) >= 11 is 0. The van der Waals surface area contributed by atoms with Crippen molar-refractivity contribution in [3.63, 3.8) is 0 Å². The maximum atomic E-state index is 10.4. The first-order chi connectivity index (χ1) is 5.24. The second-order valence-corrected chi connectivity index (χ2v) is 3.18. The molecule has 1 aliphatic rings. The van der Waals surface area contributed by atoms with Gasteiger partial charge < -0.3 is 10.4 Å². The van der Waals surface area contributed by atoms with E-state index in [9.17, 15) is 4.79 Å². The first kappa shape index (κ1) is 8.53. The molecule has 1 rings (SSSR count). The molecule has 0 aromatic carbocycles. The molecule has 2 N–H and O–H groups in total. The largest absolute Gasteiger partial charge is 0.481 e. The number of carbonyl (C=O) groups is 1. The van der Waals surface area contributed by atoms with Gasteiger partial charge >= 0.3 is 5.97 Å². The van der Waals surface area contributed by atoms with Gasteiger partial charge in [-0.3, -0.25) is 4.79 Å². The van der Waals surface area contributed by atoms with Gasteiger partial charge in [-0.1, -0.05) is 13.3 Å². The molecule has 0 bridgehead atoms. The zero-order valence-electron chi connectivity index (χ0n) is 6.84. The van der Waals surface area contributed by atoms with Crippen LogP contribution in [0, 0.1) is 11.8 Å². The van der Waals surface area contributed by atoms with Gasteiger partial charge in [0, 0.05) is 6.42 Å². The summed E-state index contributed by atoms with van der Waals surface area (Å²) in [5.41, 5.74) is 0. The fourth-order valence-electron chi connectivity index (χ4n) is 1.73. The molecule has 0 aliphatic carbocycles. The Bertz CT molecular complexity index is 147. The number of nitrogens with one attached hydrogen (secondary N) is 1. The van der Waals surface area contributed by atoms with Gasteiger partial charge in [0.25, 0.3) is 0 Å². The van der Waals surface area contributed by atoms with E-state index >= 15 is 0 Å². The van der Waals surface area contributed by atoms with Crippen LogP contribution in [0.4, 0.5) is 0 Å². The lowest BCUT2D eigenvalue weighted by atomic mass is 9.91. The minimum absolute atomic E-state index is 0.325. The summed E-state index contributed by atoms with van der Waals surface area (Å²) in [5, 5.41) is 11.8. The lowest BCUT2D eigenvalue weighted by molar-refractivity contribution is -0.138. The predicted molar refractivity (Wildman–Crippen MR) is 42.4 cm³/mol. The van der Waals surface area contributed by atoms with Gasteiger partial charge in [0.2, 0.25) is 0 Å². The van der Waals surface area contributed by atoms with Crippen molar-refractivity contribution < 1.29 is 9.90 Å². The van der Waals surface area contributed by atoms with Gasteiger partial charge in [0.05, 0.1) is 0 Å². The predicted octanol–water partition coefficient (Wildman–Crippen LogP) is 0.707. The molecule has 11 heavy (non-hydrogen) atoms.